The third-order valence-electron chi connectivity index (χ3n) is 4.07. The zero-order chi connectivity index (χ0) is 18.9. The molecule has 0 saturated carbocycles. The van der Waals surface area contributed by atoms with E-state index in [1.165, 1.54) is 5.56 Å². The molecule has 1 N–H and O–H groups in total. The van der Waals surface area contributed by atoms with Gasteiger partial charge in [0.05, 0.1) is 6.61 Å². The minimum Gasteiger partial charge on any atom is -0.494 e. The van der Waals surface area contributed by atoms with Gasteiger partial charge < -0.3 is 14.8 Å². The third kappa shape index (κ3) is 6.10. The molecule has 0 radical (unpaired) electrons. The zero-order valence-electron chi connectivity index (χ0n) is 16.2. The third-order valence-corrected chi connectivity index (χ3v) is 4.07. The number of hydrogen-bond acceptors (Lipinski definition) is 3. The van der Waals surface area contributed by atoms with Crippen molar-refractivity contribution in [2.75, 3.05) is 13.2 Å². The van der Waals surface area contributed by atoms with Crippen molar-refractivity contribution >= 4 is 5.91 Å². The summed E-state index contributed by atoms with van der Waals surface area (Å²) in [4.78, 5) is 12.2. The van der Waals surface area contributed by atoms with E-state index in [4.69, 9.17) is 9.47 Å². The Balaban J connectivity index is 1.78. The SMILES string of the molecule is CCOc1ccccc1CCCNC(=O)[C@H](C)Oc1cc(C)cc(C)c1. The van der Waals surface area contributed by atoms with E-state index in [1.54, 1.807) is 6.92 Å². The molecule has 0 aliphatic heterocycles. The molecule has 2 rings (SSSR count). The van der Waals surface area contributed by atoms with Crippen molar-refractivity contribution in [1.29, 1.82) is 0 Å². The summed E-state index contributed by atoms with van der Waals surface area (Å²) in [5.74, 6) is 1.56. The fourth-order valence-corrected chi connectivity index (χ4v) is 2.90. The first-order valence-corrected chi connectivity index (χ1v) is 9.23. The molecule has 2 aromatic carbocycles. The molecule has 0 heterocycles. The van der Waals surface area contributed by atoms with Crippen molar-refractivity contribution in [3.8, 4) is 11.5 Å². The van der Waals surface area contributed by atoms with Crippen LogP contribution < -0.4 is 14.8 Å². The summed E-state index contributed by atoms with van der Waals surface area (Å²) in [5, 5.41) is 2.95. The molecule has 0 bridgehead atoms. The van der Waals surface area contributed by atoms with Gasteiger partial charge in [-0.1, -0.05) is 24.3 Å². The molecule has 0 unspecified atom stereocenters. The summed E-state index contributed by atoms with van der Waals surface area (Å²) in [7, 11) is 0. The van der Waals surface area contributed by atoms with E-state index in [-0.39, 0.29) is 5.91 Å². The number of carbonyl (C=O) groups is 1. The number of carbonyl (C=O) groups excluding carboxylic acids is 1. The predicted octanol–water partition coefficient (Wildman–Crippen LogP) is 4.22. The molecule has 0 saturated heterocycles. The molecule has 0 aromatic heterocycles. The van der Waals surface area contributed by atoms with Gasteiger partial charge in [-0.2, -0.15) is 0 Å². The van der Waals surface area contributed by atoms with Gasteiger partial charge in [-0.05, 0) is 75.4 Å². The van der Waals surface area contributed by atoms with E-state index in [1.807, 2.05) is 51.1 Å². The molecular weight excluding hydrogens is 326 g/mol. The van der Waals surface area contributed by atoms with Crippen LogP contribution in [0.15, 0.2) is 42.5 Å². The Morgan fingerprint density at radius 3 is 2.50 bits per heavy atom. The fraction of sp³-hybridized carbons (Fsp3) is 0.409. The lowest BCUT2D eigenvalue weighted by Gasteiger charge is -2.16. The lowest BCUT2D eigenvalue weighted by Crippen LogP contribution is -2.37. The maximum atomic E-state index is 12.2. The topological polar surface area (TPSA) is 47.6 Å². The quantitative estimate of drug-likeness (QED) is 0.685. The predicted molar refractivity (Wildman–Crippen MR) is 105 cm³/mol. The highest BCUT2D eigenvalue weighted by molar-refractivity contribution is 5.80. The van der Waals surface area contributed by atoms with E-state index >= 15 is 0 Å². The van der Waals surface area contributed by atoms with Crippen LogP contribution in [-0.2, 0) is 11.2 Å². The Labute approximate surface area is 156 Å². The number of hydrogen-bond donors (Lipinski definition) is 1. The van der Waals surface area contributed by atoms with Gasteiger partial charge in [0, 0.05) is 6.54 Å². The summed E-state index contributed by atoms with van der Waals surface area (Å²) in [6.45, 7) is 9.06. The van der Waals surface area contributed by atoms with Crippen molar-refractivity contribution in [1.82, 2.24) is 5.32 Å². The first-order valence-electron chi connectivity index (χ1n) is 9.23. The molecule has 26 heavy (non-hydrogen) atoms. The van der Waals surface area contributed by atoms with Gasteiger partial charge in [0.25, 0.3) is 5.91 Å². The molecular formula is C22H29NO3. The van der Waals surface area contributed by atoms with E-state index in [0.29, 0.717) is 13.2 Å². The maximum Gasteiger partial charge on any atom is 0.260 e. The molecule has 1 amide bonds. The molecule has 2 aromatic rings. The minimum atomic E-state index is -0.521. The Morgan fingerprint density at radius 1 is 1.12 bits per heavy atom. The van der Waals surface area contributed by atoms with E-state index in [2.05, 4.69) is 17.4 Å². The van der Waals surface area contributed by atoms with Crippen molar-refractivity contribution in [2.24, 2.45) is 0 Å². The highest BCUT2D eigenvalue weighted by Crippen LogP contribution is 2.19. The highest BCUT2D eigenvalue weighted by Gasteiger charge is 2.14. The second-order valence-corrected chi connectivity index (χ2v) is 6.52. The lowest BCUT2D eigenvalue weighted by atomic mass is 10.1. The van der Waals surface area contributed by atoms with E-state index in [0.717, 1.165) is 35.5 Å². The Kier molecular flexibility index (Phi) is 7.52. The summed E-state index contributed by atoms with van der Waals surface area (Å²) >= 11 is 0. The number of aryl methyl sites for hydroxylation is 3. The Morgan fingerprint density at radius 2 is 1.81 bits per heavy atom. The number of benzene rings is 2. The van der Waals surface area contributed by atoms with Gasteiger partial charge >= 0.3 is 0 Å². The Hall–Kier alpha value is -2.49. The van der Waals surface area contributed by atoms with Gasteiger partial charge in [-0.3, -0.25) is 4.79 Å². The maximum absolute atomic E-state index is 12.2. The van der Waals surface area contributed by atoms with Crippen molar-refractivity contribution in [3.05, 3.63) is 59.2 Å². The first-order chi connectivity index (χ1) is 12.5. The molecule has 0 fully saturated rings. The number of ether oxygens (including phenoxy) is 2. The normalized spacial score (nSPS) is 11.7. The molecule has 4 heteroatoms. The molecule has 140 valence electrons. The number of para-hydroxylation sites is 1. The van der Waals surface area contributed by atoms with Gasteiger partial charge in [0.15, 0.2) is 6.10 Å². The highest BCUT2D eigenvalue weighted by atomic mass is 16.5. The monoisotopic (exact) mass is 355 g/mol. The standard InChI is InChI=1S/C22H29NO3/c1-5-25-21-11-7-6-9-19(21)10-8-12-23-22(24)18(4)26-20-14-16(2)13-17(3)15-20/h6-7,9,11,13-15,18H,5,8,10,12H2,1-4H3,(H,23,24)/t18-/m0/s1. The number of amides is 1. The summed E-state index contributed by atoms with van der Waals surface area (Å²) < 4.78 is 11.4. The Bertz CT molecular complexity index is 707. The van der Waals surface area contributed by atoms with Crippen molar-refractivity contribution in [2.45, 2.75) is 46.6 Å². The van der Waals surface area contributed by atoms with Crippen LogP contribution in [0.4, 0.5) is 0 Å². The average molecular weight is 355 g/mol. The van der Waals surface area contributed by atoms with Gasteiger partial charge in [0.2, 0.25) is 0 Å². The number of nitrogens with one attached hydrogen (secondary N) is 1. The first kappa shape index (κ1) is 19.8. The molecule has 0 spiro atoms. The largest absolute Gasteiger partial charge is 0.494 e. The van der Waals surface area contributed by atoms with Crippen LogP contribution in [0.1, 0.15) is 37.0 Å². The molecule has 4 nitrogen and oxygen atoms in total. The molecule has 0 aliphatic rings. The zero-order valence-corrected chi connectivity index (χ0v) is 16.2. The van der Waals surface area contributed by atoms with Gasteiger partial charge in [-0.15, -0.1) is 0 Å². The van der Waals surface area contributed by atoms with Crippen LogP contribution in [0.25, 0.3) is 0 Å². The fourth-order valence-electron chi connectivity index (χ4n) is 2.90. The van der Waals surface area contributed by atoms with Gasteiger partial charge in [-0.25, -0.2) is 0 Å². The summed E-state index contributed by atoms with van der Waals surface area (Å²) in [6.07, 6.45) is 1.20. The lowest BCUT2D eigenvalue weighted by molar-refractivity contribution is -0.127. The summed E-state index contributed by atoms with van der Waals surface area (Å²) in [5.41, 5.74) is 3.42. The smallest absolute Gasteiger partial charge is 0.260 e. The van der Waals surface area contributed by atoms with Crippen LogP contribution in [0.5, 0.6) is 11.5 Å². The minimum absolute atomic E-state index is 0.0951. The van der Waals surface area contributed by atoms with Crippen LogP contribution in [0.3, 0.4) is 0 Å². The van der Waals surface area contributed by atoms with E-state index < -0.39 is 6.10 Å². The molecule has 1 atom stereocenters. The second kappa shape index (κ2) is 9.85. The van der Waals surface area contributed by atoms with E-state index in [9.17, 15) is 4.79 Å². The van der Waals surface area contributed by atoms with Crippen LogP contribution in [0.2, 0.25) is 0 Å². The average Bonchev–Trinajstić information content (AvgIpc) is 2.59. The van der Waals surface area contributed by atoms with Crippen LogP contribution >= 0.6 is 0 Å². The van der Waals surface area contributed by atoms with Crippen LogP contribution in [-0.4, -0.2) is 25.2 Å². The summed E-state index contributed by atoms with van der Waals surface area (Å²) in [6, 6.07) is 14.0. The van der Waals surface area contributed by atoms with Crippen molar-refractivity contribution in [3.63, 3.8) is 0 Å². The van der Waals surface area contributed by atoms with Gasteiger partial charge in [0.1, 0.15) is 11.5 Å². The number of rotatable bonds is 9. The second-order valence-electron chi connectivity index (χ2n) is 6.52. The van der Waals surface area contributed by atoms with Crippen molar-refractivity contribution < 1.29 is 14.3 Å². The molecule has 0 aliphatic carbocycles. The van der Waals surface area contributed by atoms with Crippen LogP contribution in [0, 0.1) is 13.8 Å².